The Morgan fingerprint density at radius 3 is 2.40 bits per heavy atom. The van der Waals surface area contributed by atoms with E-state index in [9.17, 15) is 8.42 Å². The lowest BCUT2D eigenvalue weighted by molar-refractivity contribution is 0.196. The average Bonchev–Trinajstić information content (AvgIpc) is 2.47. The van der Waals surface area contributed by atoms with Gasteiger partial charge in [0.05, 0.1) is 4.90 Å². The third-order valence-corrected chi connectivity index (χ3v) is 5.73. The van der Waals surface area contributed by atoms with Gasteiger partial charge in [-0.15, -0.1) is 0 Å². The third-order valence-electron chi connectivity index (χ3n) is 3.55. The van der Waals surface area contributed by atoms with Crippen LogP contribution in [0.25, 0.3) is 0 Å². The minimum Gasteiger partial charge on any atom is -0.389 e. The number of sulfonamides is 1. The van der Waals surface area contributed by atoms with Crippen molar-refractivity contribution in [1.29, 1.82) is 0 Å². The zero-order valence-corrected chi connectivity index (χ0v) is 13.1. The first kappa shape index (κ1) is 15.4. The van der Waals surface area contributed by atoms with E-state index in [0.29, 0.717) is 18.7 Å². The van der Waals surface area contributed by atoms with Gasteiger partial charge in [-0.3, -0.25) is 0 Å². The van der Waals surface area contributed by atoms with Crippen molar-refractivity contribution < 1.29 is 8.42 Å². The van der Waals surface area contributed by atoms with Crippen LogP contribution in [0.4, 0.5) is 0 Å². The molecule has 0 saturated carbocycles. The van der Waals surface area contributed by atoms with E-state index in [1.165, 1.54) is 4.31 Å². The summed E-state index contributed by atoms with van der Waals surface area (Å²) in [7, 11) is -3.53. The highest BCUT2D eigenvalue weighted by Crippen LogP contribution is 2.21. The van der Waals surface area contributed by atoms with E-state index in [1.54, 1.807) is 24.3 Å². The van der Waals surface area contributed by atoms with Gasteiger partial charge in [0, 0.05) is 31.7 Å². The van der Waals surface area contributed by atoms with Crippen molar-refractivity contribution in [3.63, 3.8) is 0 Å². The number of hydrogen-bond donors (Lipinski definition) is 1. The van der Waals surface area contributed by atoms with Crippen molar-refractivity contribution in [2.45, 2.75) is 11.8 Å². The molecule has 110 valence electrons. The number of hydrogen-bond acceptors (Lipinski definition) is 4. The second kappa shape index (κ2) is 6.17. The maximum Gasteiger partial charge on any atom is 0.243 e. The number of thiocarbonyl (C=S) groups is 1. The van der Waals surface area contributed by atoms with Gasteiger partial charge in [-0.2, -0.15) is 4.31 Å². The lowest BCUT2D eigenvalue weighted by atomic mass is 10.2. The highest BCUT2D eigenvalue weighted by atomic mass is 32.2. The maximum absolute atomic E-state index is 12.7. The van der Waals surface area contributed by atoms with Crippen molar-refractivity contribution in [1.82, 2.24) is 9.21 Å². The highest BCUT2D eigenvalue weighted by molar-refractivity contribution is 7.89. The van der Waals surface area contributed by atoms with Crippen molar-refractivity contribution in [3.05, 3.63) is 29.8 Å². The molecular weight excluding hydrogens is 294 g/mol. The van der Waals surface area contributed by atoms with Crippen LogP contribution in [-0.4, -0.2) is 55.3 Å². The summed E-state index contributed by atoms with van der Waals surface area (Å²) < 4.78 is 26.9. The summed E-state index contributed by atoms with van der Waals surface area (Å²) in [6.07, 6.45) is 0. The summed E-state index contributed by atoms with van der Waals surface area (Å²) in [6, 6.07) is 6.65. The van der Waals surface area contributed by atoms with Crippen LogP contribution in [0.15, 0.2) is 29.2 Å². The van der Waals surface area contributed by atoms with Crippen LogP contribution >= 0.6 is 12.2 Å². The standard InChI is InChI=1S/C13H19N3O2S2/c1-2-15-7-9-16(10-8-15)20(17,18)12-6-4-3-5-11(12)13(14)19/h3-6H,2,7-10H2,1H3,(H2,14,19). The molecular formula is C13H19N3O2S2. The summed E-state index contributed by atoms with van der Waals surface area (Å²) in [5.74, 6) is 0. The molecule has 2 N–H and O–H groups in total. The van der Waals surface area contributed by atoms with Crippen LogP contribution in [0.3, 0.4) is 0 Å². The summed E-state index contributed by atoms with van der Waals surface area (Å²) in [5.41, 5.74) is 6.04. The van der Waals surface area contributed by atoms with Crippen LogP contribution in [0.2, 0.25) is 0 Å². The third kappa shape index (κ3) is 3.01. The number of nitrogens with zero attached hydrogens (tertiary/aromatic N) is 2. The van der Waals surface area contributed by atoms with Crippen LogP contribution in [0, 0.1) is 0 Å². The Balaban J connectivity index is 2.30. The molecule has 1 heterocycles. The van der Waals surface area contributed by atoms with Gasteiger partial charge >= 0.3 is 0 Å². The monoisotopic (exact) mass is 313 g/mol. The van der Waals surface area contributed by atoms with E-state index in [0.717, 1.165) is 19.6 Å². The van der Waals surface area contributed by atoms with E-state index in [2.05, 4.69) is 11.8 Å². The van der Waals surface area contributed by atoms with Crippen LogP contribution in [0.1, 0.15) is 12.5 Å². The molecule has 0 amide bonds. The summed E-state index contributed by atoms with van der Waals surface area (Å²) in [4.78, 5) is 2.54. The van der Waals surface area contributed by atoms with E-state index in [-0.39, 0.29) is 9.88 Å². The Labute approximate surface area is 125 Å². The Bertz CT molecular complexity index is 593. The molecule has 0 aromatic heterocycles. The first-order chi connectivity index (χ1) is 9.46. The van der Waals surface area contributed by atoms with Crippen molar-refractivity contribution in [3.8, 4) is 0 Å². The molecule has 1 fully saturated rings. The summed E-state index contributed by atoms with van der Waals surface area (Å²) >= 11 is 4.94. The quantitative estimate of drug-likeness (QED) is 0.827. The fourth-order valence-electron chi connectivity index (χ4n) is 2.32. The molecule has 1 saturated heterocycles. The van der Waals surface area contributed by atoms with Crippen LogP contribution in [-0.2, 0) is 10.0 Å². The molecule has 0 bridgehead atoms. The number of likely N-dealkylation sites (N-methyl/N-ethyl adjacent to an activating group) is 1. The van der Waals surface area contributed by atoms with Gasteiger partial charge in [-0.25, -0.2) is 8.42 Å². The molecule has 2 rings (SSSR count). The second-order valence-corrected chi connectivity index (χ2v) is 7.04. The summed E-state index contributed by atoms with van der Waals surface area (Å²) in [5, 5.41) is 0. The molecule has 0 atom stereocenters. The predicted molar refractivity (Wildman–Crippen MR) is 83.2 cm³/mol. The fraction of sp³-hybridized carbons (Fsp3) is 0.462. The maximum atomic E-state index is 12.7. The minimum absolute atomic E-state index is 0.108. The number of benzene rings is 1. The molecule has 20 heavy (non-hydrogen) atoms. The van der Waals surface area contributed by atoms with Gasteiger partial charge in [0.25, 0.3) is 0 Å². The first-order valence-corrected chi connectivity index (χ1v) is 8.43. The zero-order chi connectivity index (χ0) is 14.8. The fourth-order valence-corrected chi connectivity index (χ4v) is 4.19. The molecule has 0 unspecified atom stereocenters. The normalized spacial score (nSPS) is 18.1. The van der Waals surface area contributed by atoms with E-state index >= 15 is 0 Å². The Hall–Kier alpha value is -1.02. The smallest absolute Gasteiger partial charge is 0.243 e. The SMILES string of the molecule is CCN1CCN(S(=O)(=O)c2ccccc2C(N)=S)CC1. The van der Waals surface area contributed by atoms with Gasteiger partial charge in [0.15, 0.2) is 0 Å². The van der Waals surface area contributed by atoms with Crippen molar-refractivity contribution in [2.75, 3.05) is 32.7 Å². The minimum atomic E-state index is -3.53. The van der Waals surface area contributed by atoms with E-state index in [4.69, 9.17) is 18.0 Å². The first-order valence-electron chi connectivity index (χ1n) is 6.58. The van der Waals surface area contributed by atoms with Gasteiger partial charge in [-0.05, 0) is 12.6 Å². The van der Waals surface area contributed by atoms with Crippen molar-refractivity contribution >= 4 is 27.2 Å². The largest absolute Gasteiger partial charge is 0.389 e. The molecule has 1 aromatic rings. The molecule has 0 aliphatic carbocycles. The lowest BCUT2D eigenvalue weighted by Gasteiger charge is -2.33. The van der Waals surface area contributed by atoms with E-state index in [1.807, 2.05) is 0 Å². The van der Waals surface area contributed by atoms with Gasteiger partial charge in [0.1, 0.15) is 4.99 Å². The lowest BCUT2D eigenvalue weighted by Crippen LogP contribution is -2.48. The number of nitrogens with two attached hydrogens (primary N) is 1. The van der Waals surface area contributed by atoms with Gasteiger partial charge < -0.3 is 10.6 Å². The average molecular weight is 313 g/mol. The van der Waals surface area contributed by atoms with Crippen LogP contribution in [0.5, 0.6) is 0 Å². The molecule has 1 aliphatic rings. The molecule has 5 nitrogen and oxygen atoms in total. The Morgan fingerprint density at radius 1 is 1.25 bits per heavy atom. The Morgan fingerprint density at radius 2 is 1.85 bits per heavy atom. The molecule has 0 radical (unpaired) electrons. The summed E-state index contributed by atoms with van der Waals surface area (Å²) in [6.45, 7) is 5.53. The zero-order valence-electron chi connectivity index (χ0n) is 11.4. The van der Waals surface area contributed by atoms with Gasteiger partial charge in [0.2, 0.25) is 10.0 Å². The molecule has 1 aliphatic heterocycles. The second-order valence-electron chi connectivity index (χ2n) is 4.70. The van der Waals surface area contributed by atoms with E-state index < -0.39 is 10.0 Å². The molecule has 7 heteroatoms. The molecule has 0 spiro atoms. The number of rotatable bonds is 4. The molecule has 1 aromatic carbocycles. The highest BCUT2D eigenvalue weighted by Gasteiger charge is 2.30. The topological polar surface area (TPSA) is 66.6 Å². The predicted octanol–water partition coefficient (Wildman–Crippen LogP) is 0.647. The number of piperazine rings is 1. The van der Waals surface area contributed by atoms with Crippen LogP contribution < -0.4 is 5.73 Å². The van der Waals surface area contributed by atoms with Gasteiger partial charge in [-0.1, -0.05) is 37.3 Å². The van der Waals surface area contributed by atoms with Crippen molar-refractivity contribution in [2.24, 2.45) is 5.73 Å². The Kier molecular flexibility index (Phi) is 4.74.